The van der Waals surface area contributed by atoms with Crippen LogP contribution in [0.4, 0.5) is 4.79 Å². The molecule has 5 heteroatoms. The van der Waals surface area contributed by atoms with Gasteiger partial charge in [0.05, 0.1) is 0 Å². The quantitative estimate of drug-likeness (QED) is 0.634. The summed E-state index contributed by atoms with van der Waals surface area (Å²) in [6.07, 6.45) is 4.29. The summed E-state index contributed by atoms with van der Waals surface area (Å²) >= 11 is 0. The molecule has 0 aromatic heterocycles. The van der Waals surface area contributed by atoms with Gasteiger partial charge in [-0.25, -0.2) is 9.59 Å². The number of amides is 1. The van der Waals surface area contributed by atoms with Crippen LogP contribution in [0.15, 0.2) is 18.2 Å². The van der Waals surface area contributed by atoms with E-state index < -0.39 is 12.1 Å². The lowest BCUT2D eigenvalue weighted by atomic mass is 9.83. The number of para-hydroxylation sites is 1. The molecule has 0 spiro atoms. The summed E-state index contributed by atoms with van der Waals surface area (Å²) < 4.78 is 4.30. The van der Waals surface area contributed by atoms with E-state index in [1.165, 1.54) is 12.5 Å². The summed E-state index contributed by atoms with van der Waals surface area (Å²) in [4.78, 5) is 22.2. The number of primary amides is 1. The van der Waals surface area contributed by atoms with E-state index >= 15 is 0 Å². The zero-order valence-electron chi connectivity index (χ0n) is 10.6. The molecule has 1 amide bonds. The van der Waals surface area contributed by atoms with Crippen molar-refractivity contribution in [3.63, 3.8) is 0 Å². The maximum Gasteiger partial charge on any atom is 0.412 e. The van der Waals surface area contributed by atoms with Gasteiger partial charge in [0.25, 0.3) is 0 Å². The standard InChI is InChI=1S/C14H17NO4/c15-14(18)19-13(17)11-8-4-7-10(12(11)16)9-5-2-1-3-6-9/h4,7-9,16H,1-3,5-6H2,(H2,15,18). The van der Waals surface area contributed by atoms with Gasteiger partial charge in [-0.2, -0.15) is 0 Å². The fourth-order valence-electron chi connectivity index (χ4n) is 2.62. The van der Waals surface area contributed by atoms with Gasteiger partial charge in [0.2, 0.25) is 0 Å². The van der Waals surface area contributed by atoms with Crippen molar-refractivity contribution in [2.75, 3.05) is 0 Å². The largest absolute Gasteiger partial charge is 0.507 e. The van der Waals surface area contributed by atoms with Crippen molar-refractivity contribution in [3.05, 3.63) is 29.3 Å². The molecule has 0 bridgehead atoms. The molecule has 1 saturated carbocycles. The van der Waals surface area contributed by atoms with Crippen molar-refractivity contribution in [3.8, 4) is 5.75 Å². The second-order valence-electron chi connectivity index (χ2n) is 4.79. The van der Waals surface area contributed by atoms with Gasteiger partial charge in [-0.15, -0.1) is 0 Å². The summed E-state index contributed by atoms with van der Waals surface area (Å²) in [7, 11) is 0. The smallest absolute Gasteiger partial charge is 0.412 e. The highest BCUT2D eigenvalue weighted by Gasteiger charge is 2.23. The normalized spacial score (nSPS) is 16.0. The average molecular weight is 263 g/mol. The number of phenols is 1. The van der Waals surface area contributed by atoms with Gasteiger partial charge in [-0.05, 0) is 30.4 Å². The lowest BCUT2D eigenvalue weighted by Gasteiger charge is -2.23. The molecule has 2 rings (SSSR count). The molecule has 1 aliphatic rings. The van der Waals surface area contributed by atoms with Crippen molar-refractivity contribution >= 4 is 12.1 Å². The molecule has 0 aliphatic heterocycles. The van der Waals surface area contributed by atoms with Gasteiger partial charge in [-0.3, -0.25) is 0 Å². The maximum atomic E-state index is 11.6. The Balaban J connectivity index is 2.26. The van der Waals surface area contributed by atoms with Crippen molar-refractivity contribution in [2.24, 2.45) is 5.73 Å². The van der Waals surface area contributed by atoms with Crippen LogP contribution in [0.3, 0.4) is 0 Å². The second-order valence-corrected chi connectivity index (χ2v) is 4.79. The van der Waals surface area contributed by atoms with Crippen LogP contribution in [-0.2, 0) is 4.74 Å². The Morgan fingerprint density at radius 3 is 2.53 bits per heavy atom. The Kier molecular flexibility index (Phi) is 4.04. The highest BCUT2D eigenvalue weighted by molar-refractivity contribution is 5.98. The van der Waals surface area contributed by atoms with Gasteiger partial charge in [0, 0.05) is 0 Å². The fraction of sp³-hybridized carbons (Fsp3) is 0.429. The van der Waals surface area contributed by atoms with E-state index in [0.29, 0.717) is 0 Å². The minimum Gasteiger partial charge on any atom is -0.507 e. The van der Waals surface area contributed by atoms with Crippen LogP contribution in [0.1, 0.15) is 53.9 Å². The molecule has 1 aliphatic carbocycles. The SMILES string of the molecule is NC(=O)OC(=O)c1cccc(C2CCCCC2)c1O. The van der Waals surface area contributed by atoms with Crippen LogP contribution in [-0.4, -0.2) is 17.2 Å². The number of benzene rings is 1. The second kappa shape index (κ2) is 5.73. The molecule has 19 heavy (non-hydrogen) atoms. The van der Waals surface area contributed by atoms with E-state index in [9.17, 15) is 14.7 Å². The summed E-state index contributed by atoms with van der Waals surface area (Å²) in [6.45, 7) is 0. The minimum atomic E-state index is -1.17. The predicted molar refractivity (Wildman–Crippen MR) is 68.9 cm³/mol. The molecule has 102 valence electrons. The summed E-state index contributed by atoms with van der Waals surface area (Å²) in [5.41, 5.74) is 5.53. The van der Waals surface area contributed by atoms with E-state index in [-0.39, 0.29) is 17.2 Å². The van der Waals surface area contributed by atoms with Gasteiger partial charge >= 0.3 is 12.1 Å². The first-order chi connectivity index (χ1) is 9.09. The minimum absolute atomic E-state index is 0.0122. The van der Waals surface area contributed by atoms with Gasteiger partial charge in [-0.1, -0.05) is 31.4 Å². The number of carbonyl (C=O) groups is 2. The molecule has 1 aromatic rings. The first-order valence-electron chi connectivity index (χ1n) is 6.43. The summed E-state index contributed by atoms with van der Waals surface area (Å²) in [5.74, 6) is -0.751. The van der Waals surface area contributed by atoms with Crippen molar-refractivity contribution in [2.45, 2.75) is 38.0 Å². The molecule has 1 aromatic carbocycles. The number of rotatable bonds is 2. The topological polar surface area (TPSA) is 89.6 Å². The number of esters is 1. The van der Waals surface area contributed by atoms with Crippen LogP contribution in [0.5, 0.6) is 5.75 Å². The van der Waals surface area contributed by atoms with Crippen LogP contribution >= 0.6 is 0 Å². The third-order valence-corrected chi connectivity index (χ3v) is 3.53. The first kappa shape index (κ1) is 13.4. The van der Waals surface area contributed by atoms with Gasteiger partial charge in [0.1, 0.15) is 11.3 Å². The third kappa shape index (κ3) is 3.05. The Labute approximate surface area is 111 Å². The molecule has 0 saturated heterocycles. The van der Waals surface area contributed by atoms with Crippen LogP contribution in [0.2, 0.25) is 0 Å². The van der Waals surface area contributed by atoms with Gasteiger partial charge in [0.15, 0.2) is 0 Å². The molecule has 1 fully saturated rings. The van der Waals surface area contributed by atoms with E-state index in [0.717, 1.165) is 31.2 Å². The summed E-state index contributed by atoms with van der Waals surface area (Å²) in [5, 5.41) is 10.2. The molecule has 3 N–H and O–H groups in total. The number of phenolic OH excluding ortho intramolecular Hbond substituents is 1. The number of hydrogen-bond acceptors (Lipinski definition) is 4. The number of hydrogen-bond donors (Lipinski definition) is 2. The number of nitrogens with two attached hydrogens (primary N) is 1. The first-order valence-corrected chi connectivity index (χ1v) is 6.43. The lowest BCUT2D eigenvalue weighted by Crippen LogP contribution is -2.19. The molecule has 0 unspecified atom stereocenters. The van der Waals surface area contributed by atoms with E-state index in [1.54, 1.807) is 6.07 Å². The zero-order valence-corrected chi connectivity index (χ0v) is 10.6. The summed E-state index contributed by atoms with van der Waals surface area (Å²) in [6, 6.07) is 4.92. The number of aromatic hydroxyl groups is 1. The predicted octanol–water partition coefficient (Wildman–Crippen LogP) is 2.68. The Morgan fingerprint density at radius 1 is 1.21 bits per heavy atom. The van der Waals surface area contributed by atoms with E-state index in [2.05, 4.69) is 4.74 Å². The fourth-order valence-corrected chi connectivity index (χ4v) is 2.62. The number of carbonyl (C=O) groups excluding carboxylic acids is 2. The lowest BCUT2D eigenvalue weighted by molar-refractivity contribution is 0.0635. The van der Waals surface area contributed by atoms with E-state index in [4.69, 9.17) is 5.73 Å². The maximum absolute atomic E-state index is 11.6. The molecule has 5 nitrogen and oxygen atoms in total. The third-order valence-electron chi connectivity index (χ3n) is 3.53. The highest BCUT2D eigenvalue weighted by atomic mass is 16.6. The van der Waals surface area contributed by atoms with Crippen LogP contribution < -0.4 is 5.73 Å². The molecule has 0 atom stereocenters. The van der Waals surface area contributed by atoms with Crippen molar-refractivity contribution < 1.29 is 19.4 Å². The van der Waals surface area contributed by atoms with Gasteiger partial charge < -0.3 is 15.6 Å². The van der Waals surface area contributed by atoms with Crippen LogP contribution in [0, 0.1) is 0 Å². The average Bonchev–Trinajstić information content (AvgIpc) is 2.39. The molecule has 0 radical (unpaired) electrons. The Morgan fingerprint density at radius 2 is 1.89 bits per heavy atom. The highest BCUT2D eigenvalue weighted by Crippen LogP contribution is 2.38. The van der Waals surface area contributed by atoms with E-state index in [1.807, 2.05) is 6.07 Å². The molecular weight excluding hydrogens is 246 g/mol. The van der Waals surface area contributed by atoms with Crippen LogP contribution in [0.25, 0.3) is 0 Å². The zero-order chi connectivity index (χ0) is 13.8. The monoisotopic (exact) mass is 263 g/mol. The number of ether oxygens (including phenoxy) is 1. The van der Waals surface area contributed by atoms with Crippen molar-refractivity contribution in [1.82, 2.24) is 0 Å². The Hall–Kier alpha value is -2.04. The molecular formula is C14H17NO4. The molecule has 0 heterocycles. The van der Waals surface area contributed by atoms with Crippen molar-refractivity contribution in [1.29, 1.82) is 0 Å². The Bertz CT molecular complexity index is 492.